The van der Waals surface area contributed by atoms with E-state index >= 15 is 4.57 Å². The Balaban J connectivity index is 0.616. The number of nitrogens with zero attached hydrogens (tertiary/aromatic N) is 2. The minimum atomic E-state index is -3.23. The third kappa shape index (κ3) is 10.9. The Morgan fingerprint density at radius 3 is 0.689 bits per heavy atom. The van der Waals surface area contributed by atoms with Crippen LogP contribution in [0.5, 0.6) is 0 Å². The second-order valence-electron chi connectivity index (χ2n) is 22.8. The van der Waals surface area contributed by atoms with Crippen LogP contribution in [0.2, 0.25) is 0 Å². The van der Waals surface area contributed by atoms with Crippen LogP contribution in [0, 0.1) is 0 Å². The Kier molecular flexibility index (Phi) is 15.0. The third-order valence-electron chi connectivity index (χ3n) is 17.4. The van der Waals surface area contributed by atoms with Crippen LogP contribution in [-0.4, -0.2) is 0 Å². The van der Waals surface area contributed by atoms with Crippen molar-refractivity contribution in [1.82, 2.24) is 0 Å². The summed E-state index contributed by atoms with van der Waals surface area (Å²) in [6.07, 6.45) is 0. The first-order chi connectivity index (χ1) is 44.5. The molecule has 0 saturated carbocycles. The first-order valence-electron chi connectivity index (χ1n) is 30.6. The highest BCUT2D eigenvalue weighted by Crippen LogP contribution is 2.45. The highest BCUT2D eigenvalue weighted by molar-refractivity contribution is 7.85. The zero-order chi connectivity index (χ0) is 60.2. The molecule has 0 aliphatic rings. The van der Waals surface area contributed by atoms with Gasteiger partial charge in [0.1, 0.15) is 0 Å². The number of hydrogen-bond acceptors (Lipinski definition) is 3. The normalized spacial score (nSPS) is 11.4. The molecule has 15 aromatic carbocycles. The summed E-state index contributed by atoms with van der Waals surface area (Å²) < 4.78 is 15.7. The summed E-state index contributed by atoms with van der Waals surface area (Å²) in [5.41, 5.74) is 20.3. The minimum Gasteiger partial charge on any atom is -0.310 e. The van der Waals surface area contributed by atoms with Gasteiger partial charge in [0.25, 0.3) is 0 Å². The molecule has 0 bridgehead atoms. The van der Waals surface area contributed by atoms with Crippen LogP contribution >= 0.6 is 7.14 Å². The van der Waals surface area contributed by atoms with Gasteiger partial charge >= 0.3 is 0 Å². The molecule has 0 atom stereocenters. The lowest BCUT2D eigenvalue weighted by atomic mass is 9.98. The smallest absolute Gasteiger partial charge is 0.171 e. The third-order valence-corrected chi connectivity index (χ3v) is 20.5. The van der Waals surface area contributed by atoms with Crippen molar-refractivity contribution in [3.63, 3.8) is 0 Å². The fourth-order valence-corrected chi connectivity index (χ4v) is 15.3. The van der Waals surface area contributed by atoms with E-state index in [0.717, 1.165) is 117 Å². The molecule has 0 spiro atoms. The lowest BCUT2D eigenvalue weighted by Gasteiger charge is -2.27. The summed E-state index contributed by atoms with van der Waals surface area (Å²) >= 11 is 0. The number of fused-ring (bicyclic) bond motifs is 2. The van der Waals surface area contributed by atoms with Crippen LogP contribution in [0.3, 0.4) is 0 Å². The van der Waals surface area contributed by atoms with Gasteiger partial charge in [0.05, 0.1) is 11.4 Å². The fraction of sp³-hybridized carbons (Fsp3) is 0. The van der Waals surface area contributed by atoms with Gasteiger partial charge in [-0.1, -0.05) is 309 Å². The highest BCUT2D eigenvalue weighted by atomic mass is 31.2. The van der Waals surface area contributed by atoms with Gasteiger partial charge in [-0.25, -0.2) is 0 Å². The minimum absolute atomic E-state index is 0.800. The van der Waals surface area contributed by atoms with Gasteiger partial charge in [0.2, 0.25) is 0 Å². The second kappa shape index (κ2) is 24.4. The van der Waals surface area contributed by atoms with E-state index in [9.17, 15) is 0 Å². The van der Waals surface area contributed by atoms with Crippen LogP contribution in [0.15, 0.2) is 370 Å². The van der Waals surface area contributed by atoms with Crippen LogP contribution in [0.25, 0.3) is 88.3 Å². The van der Waals surface area contributed by atoms with Crippen molar-refractivity contribution < 1.29 is 4.57 Å². The molecule has 0 aliphatic carbocycles. The molecule has 15 rings (SSSR count). The molecule has 0 aromatic heterocycles. The van der Waals surface area contributed by atoms with Crippen molar-refractivity contribution >= 4 is 78.7 Å². The topological polar surface area (TPSA) is 23.6 Å². The lowest BCUT2D eigenvalue weighted by molar-refractivity contribution is 0.592. The average Bonchev–Trinajstić information content (AvgIpc) is 1.26. The molecular formula is C86H61N2OP. The monoisotopic (exact) mass is 1170 g/mol. The molecule has 0 heterocycles. The molecule has 3 nitrogen and oxygen atoms in total. The number of hydrogen-bond donors (Lipinski definition) is 0. The van der Waals surface area contributed by atoms with Gasteiger partial charge in [-0.3, -0.25) is 0 Å². The van der Waals surface area contributed by atoms with E-state index in [0.29, 0.717) is 0 Å². The largest absolute Gasteiger partial charge is 0.310 e. The van der Waals surface area contributed by atoms with Gasteiger partial charge in [-0.2, -0.15) is 0 Å². The zero-order valence-electron chi connectivity index (χ0n) is 49.5. The summed E-state index contributed by atoms with van der Waals surface area (Å²) in [7, 11) is -3.23. The van der Waals surface area contributed by atoms with Gasteiger partial charge in [0, 0.05) is 49.4 Å². The van der Waals surface area contributed by atoms with Crippen molar-refractivity contribution in [3.05, 3.63) is 370 Å². The predicted molar refractivity (Wildman–Crippen MR) is 383 cm³/mol. The number of para-hydroxylation sites is 2. The predicted octanol–water partition coefficient (Wildman–Crippen LogP) is 22.6. The van der Waals surface area contributed by atoms with Gasteiger partial charge in [0.15, 0.2) is 7.14 Å². The molecule has 426 valence electrons. The Hall–Kier alpha value is -11.4. The van der Waals surface area contributed by atoms with E-state index in [2.05, 4.69) is 325 Å². The molecule has 0 fully saturated rings. The van der Waals surface area contributed by atoms with Crippen molar-refractivity contribution in [1.29, 1.82) is 0 Å². The number of anilines is 6. The molecule has 0 amide bonds. The summed E-state index contributed by atoms with van der Waals surface area (Å²) in [6.45, 7) is 0. The summed E-state index contributed by atoms with van der Waals surface area (Å²) in [4.78, 5) is 4.68. The summed E-state index contributed by atoms with van der Waals surface area (Å²) in [5, 5.41) is 7.25. The lowest BCUT2D eigenvalue weighted by Crippen LogP contribution is -2.24. The standard InChI is InChI=1S/C86H61N2OP/c89-90(80-24-8-3-9-25-80,81-58-50-72(51-59-81)68-42-34-64(35-43-68)62-30-38-66(39-31-62)70-46-54-78(55-47-70)87(76-20-4-1-5-21-76)85-28-14-18-74-16-10-12-26-83(74)85)82-60-52-73(53-61-82)69-44-36-65(37-45-69)63-32-40-67(41-33-63)71-48-56-79(57-49-71)88(77-22-6-2-7-23-77)86-29-15-19-75-17-11-13-27-84(75)86/h1-61H. The number of rotatable bonds is 15. The molecule has 0 aliphatic heterocycles. The molecule has 15 aromatic rings. The number of benzene rings is 15. The maximum absolute atomic E-state index is 15.7. The first kappa shape index (κ1) is 55.2. The Morgan fingerprint density at radius 2 is 0.389 bits per heavy atom. The Morgan fingerprint density at radius 1 is 0.178 bits per heavy atom. The van der Waals surface area contributed by atoms with Crippen LogP contribution in [-0.2, 0) is 4.57 Å². The maximum Gasteiger partial charge on any atom is 0.171 e. The SMILES string of the molecule is O=P(c1ccccc1)(c1ccc(-c2ccc(-c3ccc(-c4ccc(N(c5ccccc5)c5cccc6ccccc56)cc4)cc3)cc2)cc1)c1ccc(-c2ccc(-c3ccc(-c4ccc(N(c5ccccc5)c5cccc6ccccc56)cc4)cc3)cc2)cc1. The molecule has 0 saturated heterocycles. The molecular weight excluding hydrogens is 1110 g/mol. The van der Waals surface area contributed by atoms with Gasteiger partial charge in [-0.15, -0.1) is 0 Å². The summed E-state index contributed by atoms with van der Waals surface area (Å²) in [6, 6.07) is 131. The van der Waals surface area contributed by atoms with E-state index < -0.39 is 7.14 Å². The maximum atomic E-state index is 15.7. The molecule has 0 radical (unpaired) electrons. The van der Waals surface area contributed by atoms with Crippen molar-refractivity contribution in [3.8, 4) is 66.8 Å². The van der Waals surface area contributed by atoms with E-state index in [1.54, 1.807) is 0 Å². The van der Waals surface area contributed by atoms with Gasteiger partial charge in [-0.05, 0) is 138 Å². The van der Waals surface area contributed by atoms with E-state index in [1.165, 1.54) is 21.5 Å². The Bertz CT molecular complexity index is 4690. The van der Waals surface area contributed by atoms with Crippen molar-refractivity contribution in [2.45, 2.75) is 0 Å². The molecule has 4 heteroatoms. The average molecular weight is 1170 g/mol. The zero-order valence-corrected chi connectivity index (χ0v) is 50.4. The molecule has 0 N–H and O–H groups in total. The second-order valence-corrected chi connectivity index (χ2v) is 25.5. The van der Waals surface area contributed by atoms with Crippen molar-refractivity contribution in [2.75, 3.05) is 9.80 Å². The van der Waals surface area contributed by atoms with E-state index in [-0.39, 0.29) is 0 Å². The van der Waals surface area contributed by atoms with Gasteiger partial charge < -0.3 is 14.4 Å². The van der Waals surface area contributed by atoms with E-state index in [4.69, 9.17) is 0 Å². The van der Waals surface area contributed by atoms with E-state index in [1.807, 2.05) is 54.6 Å². The summed E-state index contributed by atoms with van der Waals surface area (Å²) in [5.74, 6) is 0. The molecule has 90 heavy (non-hydrogen) atoms. The first-order valence-corrected chi connectivity index (χ1v) is 32.3. The fourth-order valence-electron chi connectivity index (χ4n) is 12.7. The van der Waals surface area contributed by atoms with Crippen LogP contribution in [0.1, 0.15) is 0 Å². The van der Waals surface area contributed by atoms with Crippen LogP contribution < -0.4 is 25.7 Å². The van der Waals surface area contributed by atoms with Crippen LogP contribution in [0.4, 0.5) is 34.1 Å². The Labute approximate surface area is 526 Å². The van der Waals surface area contributed by atoms with Crippen molar-refractivity contribution in [2.24, 2.45) is 0 Å². The quantitative estimate of drug-likeness (QED) is 0.0956. The molecule has 0 unspecified atom stereocenters. The highest BCUT2D eigenvalue weighted by Gasteiger charge is 2.30.